The van der Waals surface area contributed by atoms with Crippen LogP contribution >= 0.6 is 0 Å². The van der Waals surface area contributed by atoms with E-state index in [1.165, 1.54) is 11.6 Å². The van der Waals surface area contributed by atoms with Crippen molar-refractivity contribution in [2.75, 3.05) is 13.1 Å². The van der Waals surface area contributed by atoms with E-state index in [1.807, 2.05) is 36.4 Å². The highest BCUT2D eigenvalue weighted by molar-refractivity contribution is 5.78. The second-order valence-electron chi connectivity index (χ2n) is 8.61. The summed E-state index contributed by atoms with van der Waals surface area (Å²) < 4.78 is 19.5. The number of nitrogens with zero attached hydrogens (tertiary/aromatic N) is 2. The number of hydrogen-bond acceptors (Lipinski definition) is 4. The van der Waals surface area contributed by atoms with Crippen LogP contribution in [0.3, 0.4) is 0 Å². The van der Waals surface area contributed by atoms with E-state index < -0.39 is 0 Å². The molecule has 0 spiro atoms. The van der Waals surface area contributed by atoms with Gasteiger partial charge in [-0.2, -0.15) is 0 Å². The average Bonchev–Trinajstić information content (AvgIpc) is 2.85. The number of aromatic nitrogens is 1. The van der Waals surface area contributed by atoms with Crippen molar-refractivity contribution in [3.8, 4) is 5.75 Å². The fourth-order valence-electron chi connectivity index (χ4n) is 4.02. The van der Waals surface area contributed by atoms with Crippen LogP contribution in [-0.4, -0.2) is 28.9 Å². The van der Waals surface area contributed by atoms with E-state index in [0.717, 1.165) is 49.5 Å². The molecule has 33 heavy (non-hydrogen) atoms. The Hall–Kier alpha value is -3.25. The Labute approximate surface area is 194 Å². The van der Waals surface area contributed by atoms with Crippen molar-refractivity contribution in [1.29, 1.82) is 0 Å². The third-order valence-electron chi connectivity index (χ3n) is 6.10. The van der Waals surface area contributed by atoms with Crippen LogP contribution < -0.4 is 10.1 Å². The van der Waals surface area contributed by atoms with Gasteiger partial charge in [0, 0.05) is 25.2 Å². The van der Waals surface area contributed by atoms with Gasteiger partial charge in [0.25, 0.3) is 0 Å². The summed E-state index contributed by atoms with van der Waals surface area (Å²) in [6, 6.07) is 19.0. The molecule has 0 atom stereocenters. The van der Waals surface area contributed by atoms with Crippen LogP contribution in [-0.2, 0) is 24.5 Å². The number of benzene rings is 2. The number of likely N-dealkylation sites (tertiary alicyclic amines) is 1. The first-order valence-electron chi connectivity index (χ1n) is 11.4. The van der Waals surface area contributed by atoms with Gasteiger partial charge in [0.2, 0.25) is 5.91 Å². The lowest BCUT2D eigenvalue weighted by Crippen LogP contribution is -2.40. The lowest BCUT2D eigenvalue weighted by atomic mass is 9.95. The van der Waals surface area contributed by atoms with Gasteiger partial charge in [-0.3, -0.25) is 14.7 Å². The molecule has 6 heteroatoms. The van der Waals surface area contributed by atoms with Gasteiger partial charge in [0.1, 0.15) is 18.2 Å². The van der Waals surface area contributed by atoms with Crippen LogP contribution in [0.25, 0.3) is 0 Å². The van der Waals surface area contributed by atoms with E-state index in [0.29, 0.717) is 18.7 Å². The minimum absolute atomic E-state index is 0.0129. The molecular weight excluding hydrogens is 417 g/mol. The van der Waals surface area contributed by atoms with E-state index in [1.54, 1.807) is 19.2 Å². The van der Waals surface area contributed by atoms with Crippen LogP contribution in [0.4, 0.5) is 4.39 Å². The third-order valence-corrected chi connectivity index (χ3v) is 6.10. The van der Waals surface area contributed by atoms with Gasteiger partial charge in [-0.25, -0.2) is 4.39 Å². The van der Waals surface area contributed by atoms with Gasteiger partial charge >= 0.3 is 0 Å². The Balaban J connectivity index is 1.18. The van der Waals surface area contributed by atoms with Crippen LogP contribution in [0.2, 0.25) is 0 Å². The molecule has 0 aliphatic carbocycles. The van der Waals surface area contributed by atoms with Crippen LogP contribution in [0.5, 0.6) is 5.75 Å². The zero-order valence-corrected chi connectivity index (χ0v) is 19.0. The summed E-state index contributed by atoms with van der Waals surface area (Å²) >= 11 is 0. The predicted molar refractivity (Wildman–Crippen MR) is 126 cm³/mol. The number of pyridine rings is 1. The smallest absolute Gasteiger partial charge is 0.223 e. The third kappa shape index (κ3) is 6.62. The molecule has 1 aliphatic heterocycles. The largest absolute Gasteiger partial charge is 0.487 e. The first-order chi connectivity index (χ1) is 16.1. The summed E-state index contributed by atoms with van der Waals surface area (Å²) in [4.78, 5) is 19.2. The second kappa shape index (κ2) is 11.1. The molecule has 1 fully saturated rings. The highest BCUT2D eigenvalue weighted by atomic mass is 19.1. The number of halogens is 1. The number of carbonyl (C=O) groups excluding carboxylic acids is 1. The summed E-state index contributed by atoms with van der Waals surface area (Å²) in [5.74, 6) is 0.667. The Kier molecular flexibility index (Phi) is 7.68. The van der Waals surface area contributed by atoms with Crippen molar-refractivity contribution in [2.24, 2.45) is 5.92 Å². The fraction of sp³-hybridized carbons (Fsp3) is 0.333. The van der Waals surface area contributed by atoms with Crippen LogP contribution in [0, 0.1) is 18.7 Å². The number of hydrogen-bond donors (Lipinski definition) is 1. The molecule has 5 nitrogen and oxygen atoms in total. The van der Waals surface area contributed by atoms with Crippen LogP contribution in [0.1, 0.15) is 35.2 Å². The summed E-state index contributed by atoms with van der Waals surface area (Å²) in [5, 5.41) is 2.97. The number of ether oxygens (including phenoxy) is 1. The highest BCUT2D eigenvalue weighted by Gasteiger charge is 2.24. The maximum Gasteiger partial charge on any atom is 0.223 e. The van der Waals surface area contributed by atoms with Crippen molar-refractivity contribution in [3.05, 3.63) is 95.1 Å². The maximum absolute atomic E-state index is 13.7. The van der Waals surface area contributed by atoms with E-state index in [4.69, 9.17) is 4.74 Å². The first kappa shape index (κ1) is 22.9. The lowest BCUT2D eigenvalue weighted by molar-refractivity contribution is -0.126. The standard InChI is InChI=1S/C27H30FN3O2/c1-20-5-6-22(16-26(20)28)17-30-27(32)23-11-14-31(15-12-23)18-21-7-9-25(10-8-21)33-19-24-4-2-3-13-29-24/h2-10,13,16,23H,11-12,14-15,17-19H2,1H3,(H,30,32). The molecule has 3 aromatic rings. The van der Waals surface area contributed by atoms with E-state index in [2.05, 4.69) is 27.3 Å². The average molecular weight is 448 g/mol. The maximum atomic E-state index is 13.7. The number of amides is 1. The summed E-state index contributed by atoms with van der Waals surface area (Å²) in [5.41, 5.74) is 3.53. The normalized spacial score (nSPS) is 14.7. The van der Waals surface area contributed by atoms with Crippen molar-refractivity contribution in [3.63, 3.8) is 0 Å². The zero-order chi connectivity index (χ0) is 23.0. The highest BCUT2D eigenvalue weighted by Crippen LogP contribution is 2.21. The summed E-state index contributed by atoms with van der Waals surface area (Å²) in [6.07, 6.45) is 3.43. The van der Waals surface area contributed by atoms with E-state index >= 15 is 0 Å². The Bertz CT molecular complexity index is 1050. The Morgan fingerprint density at radius 3 is 2.55 bits per heavy atom. The molecule has 172 valence electrons. The molecule has 1 amide bonds. The fourth-order valence-corrected chi connectivity index (χ4v) is 4.02. The predicted octanol–water partition coefficient (Wildman–Crippen LogP) is 4.64. The van der Waals surface area contributed by atoms with Crippen molar-refractivity contribution >= 4 is 5.91 Å². The van der Waals surface area contributed by atoms with Crippen molar-refractivity contribution < 1.29 is 13.9 Å². The SMILES string of the molecule is Cc1ccc(CNC(=O)C2CCN(Cc3ccc(OCc4ccccn4)cc3)CC2)cc1F. The molecule has 1 saturated heterocycles. The van der Waals surface area contributed by atoms with Crippen LogP contribution in [0.15, 0.2) is 66.9 Å². The second-order valence-corrected chi connectivity index (χ2v) is 8.61. The summed E-state index contributed by atoms with van der Waals surface area (Å²) in [6.45, 7) is 5.18. The molecule has 2 aromatic carbocycles. The van der Waals surface area contributed by atoms with Crippen molar-refractivity contribution in [2.45, 2.75) is 39.5 Å². The Morgan fingerprint density at radius 2 is 1.85 bits per heavy atom. The molecule has 0 bridgehead atoms. The van der Waals surface area contributed by atoms with Gasteiger partial charge in [-0.1, -0.05) is 30.3 Å². The molecule has 0 radical (unpaired) electrons. The zero-order valence-electron chi connectivity index (χ0n) is 19.0. The number of nitrogens with one attached hydrogen (secondary N) is 1. The number of aryl methyl sites for hydroxylation is 1. The van der Waals surface area contributed by atoms with E-state index in [9.17, 15) is 9.18 Å². The first-order valence-corrected chi connectivity index (χ1v) is 11.4. The molecular formula is C27H30FN3O2. The topological polar surface area (TPSA) is 54.5 Å². The molecule has 0 unspecified atom stereocenters. The number of rotatable bonds is 8. The molecule has 0 saturated carbocycles. The van der Waals surface area contributed by atoms with E-state index in [-0.39, 0.29) is 17.6 Å². The molecule has 2 heterocycles. The monoisotopic (exact) mass is 447 g/mol. The molecule has 1 aromatic heterocycles. The minimum Gasteiger partial charge on any atom is -0.487 e. The lowest BCUT2D eigenvalue weighted by Gasteiger charge is -2.31. The summed E-state index contributed by atoms with van der Waals surface area (Å²) in [7, 11) is 0. The molecule has 1 aliphatic rings. The van der Waals surface area contributed by atoms with Gasteiger partial charge in [0.15, 0.2) is 0 Å². The minimum atomic E-state index is -0.233. The molecule has 4 rings (SSSR count). The molecule has 1 N–H and O–H groups in total. The van der Waals surface area contributed by atoms with Gasteiger partial charge in [-0.05, 0) is 79.9 Å². The van der Waals surface area contributed by atoms with Gasteiger partial charge in [0.05, 0.1) is 5.69 Å². The quantitative estimate of drug-likeness (QED) is 0.547. The number of carbonyl (C=O) groups is 1. The Morgan fingerprint density at radius 1 is 1.09 bits per heavy atom. The van der Waals surface area contributed by atoms with Crippen molar-refractivity contribution in [1.82, 2.24) is 15.2 Å². The number of piperidine rings is 1. The van der Waals surface area contributed by atoms with Gasteiger partial charge < -0.3 is 10.1 Å². The van der Waals surface area contributed by atoms with Gasteiger partial charge in [-0.15, -0.1) is 0 Å².